The smallest absolute Gasteiger partial charge is 0.255 e. The van der Waals surface area contributed by atoms with Crippen LogP contribution in [0.5, 0.6) is 0 Å². The van der Waals surface area contributed by atoms with Crippen molar-refractivity contribution in [2.45, 2.75) is 13.0 Å². The molecular formula is C24H18F2N4O. The summed E-state index contributed by atoms with van der Waals surface area (Å²) in [6.45, 7) is 1.80. The van der Waals surface area contributed by atoms with Crippen molar-refractivity contribution in [2.24, 2.45) is 0 Å². The number of halogens is 2. The fourth-order valence-electron chi connectivity index (χ4n) is 3.95. The van der Waals surface area contributed by atoms with Crippen LogP contribution in [0.25, 0.3) is 11.0 Å². The molecule has 7 heteroatoms. The Bertz CT molecular complexity index is 1320. The Labute approximate surface area is 177 Å². The van der Waals surface area contributed by atoms with Crippen LogP contribution in [0.15, 0.2) is 84.1 Å². The van der Waals surface area contributed by atoms with Gasteiger partial charge >= 0.3 is 0 Å². The molecule has 0 aliphatic carbocycles. The van der Waals surface area contributed by atoms with Gasteiger partial charge in [-0.1, -0.05) is 24.3 Å². The van der Waals surface area contributed by atoms with Gasteiger partial charge in [-0.3, -0.25) is 9.36 Å². The molecule has 5 rings (SSSR count). The third-order valence-corrected chi connectivity index (χ3v) is 5.36. The summed E-state index contributed by atoms with van der Waals surface area (Å²) < 4.78 is 28.8. The predicted molar refractivity (Wildman–Crippen MR) is 116 cm³/mol. The van der Waals surface area contributed by atoms with E-state index in [1.165, 1.54) is 36.4 Å². The number of carbonyl (C=O) groups excluding carboxylic acids is 1. The van der Waals surface area contributed by atoms with E-state index in [9.17, 15) is 13.6 Å². The van der Waals surface area contributed by atoms with Crippen molar-refractivity contribution in [3.63, 3.8) is 0 Å². The molecule has 4 aromatic rings. The van der Waals surface area contributed by atoms with Crippen LogP contribution in [-0.4, -0.2) is 15.5 Å². The molecule has 1 amide bonds. The maximum absolute atomic E-state index is 13.6. The number of para-hydroxylation sites is 2. The second-order valence-electron chi connectivity index (χ2n) is 7.37. The van der Waals surface area contributed by atoms with Crippen LogP contribution >= 0.6 is 0 Å². The fraction of sp³-hybridized carbons (Fsp3) is 0.0833. The van der Waals surface area contributed by atoms with Crippen molar-refractivity contribution in [1.29, 1.82) is 0 Å². The Morgan fingerprint density at radius 2 is 1.61 bits per heavy atom. The molecule has 0 spiro atoms. The van der Waals surface area contributed by atoms with E-state index in [1.807, 2.05) is 28.8 Å². The van der Waals surface area contributed by atoms with Crippen LogP contribution in [0.3, 0.4) is 0 Å². The summed E-state index contributed by atoms with van der Waals surface area (Å²) in [6.07, 6.45) is 0. The average Bonchev–Trinajstić information content (AvgIpc) is 3.13. The van der Waals surface area contributed by atoms with Gasteiger partial charge in [0.1, 0.15) is 11.6 Å². The summed E-state index contributed by atoms with van der Waals surface area (Å²) in [6, 6.07) is 18.8. The summed E-state index contributed by atoms with van der Waals surface area (Å²) in [5.41, 5.74) is 3.95. The van der Waals surface area contributed by atoms with Gasteiger partial charge in [0.2, 0.25) is 5.95 Å². The van der Waals surface area contributed by atoms with E-state index >= 15 is 0 Å². The lowest BCUT2D eigenvalue weighted by atomic mass is 9.94. The number of imidazole rings is 1. The van der Waals surface area contributed by atoms with Crippen LogP contribution in [0.4, 0.5) is 20.4 Å². The SMILES string of the molecule is CC1=C(C(=O)Nc2ccc(F)cc2)[C@@H](c2ccc(F)cc2)n2c(nc3ccccc32)N1. The fourth-order valence-corrected chi connectivity index (χ4v) is 3.95. The predicted octanol–water partition coefficient (Wildman–Crippen LogP) is 5.24. The molecule has 0 unspecified atom stereocenters. The molecule has 0 fully saturated rings. The highest BCUT2D eigenvalue weighted by molar-refractivity contribution is 6.06. The zero-order valence-electron chi connectivity index (χ0n) is 16.6. The summed E-state index contributed by atoms with van der Waals surface area (Å²) in [4.78, 5) is 18.0. The first-order chi connectivity index (χ1) is 15.0. The lowest BCUT2D eigenvalue weighted by molar-refractivity contribution is -0.113. The van der Waals surface area contributed by atoms with Crippen LogP contribution in [0.1, 0.15) is 18.5 Å². The lowest BCUT2D eigenvalue weighted by Gasteiger charge is -2.30. The van der Waals surface area contributed by atoms with Crippen molar-refractivity contribution in [3.8, 4) is 0 Å². The first-order valence-electron chi connectivity index (χ1n) is 9.78. The second kappa shape index (κ2) is 7.36. The standard InChI is InChI=1S/C24H18F2N4O/c1-14-21(23(31)28-18-12-10-17(26)11-13-18)22(15-6-8-16(25)9-7-15)30-20-5-3-2-4-19(20)29-24(30)27-14/h2-13,22H,1H3,(H,27,29)(H,28,31)/t22-/m1/s1. The van der Waals surface area contributed by atoms with Gasteiger partial charge in [-0.25, -0.2) is 13.8 Å². The molecule has 2 N–H and O–H groups in total. The topological polar surface area (TPSA) is 59.0 Å². The van der Waals surface area contributed by atoms with Gasteiger partial charge in [0, 0.05) is 11.4 Å². The molecule has 1 aromatic heterocycles. The Morgan fingerprint density at radius 3 is 2.32 bits per heavy atom. The number of hydrogen-bond donors (Lipinski definition) is 2. The summed E-state index contributed by atoms with van der Waals surface area (Å²) >= 11 is 0. The number of anilines is 2. The molecular weight excluding hydrogens is 398 g/mol. The first-order valence-corrected chi connectivity index (χ1v) is 9.78. The number of rotatable bonds is 3. The van der Waals surface area contributed by atoms with Crippen molar-refractivity contribution >= 4 is 28.6 Å². The third-order valence-electron chi connectivity index (χ3n) is 5.36. The molecule has 154 valence electrons. The van der Waals surface area contributed by atoms with Crippen molar-refractivity contribution in [1.82, 2.24) is 9.55 Å². The normalized spacial score (nSPS) is 15.5. The zero-order chi connectivity index (χ0) is 21.5. The Kier molecular flexibility index (Phi) is 4.51. The van der Waals surface area contributed by atoms with Crippen LogP contribution in [-0.2, 0) is 4.79 Å². The summed E-state index contributed by atoms with van der Waals surface area (Å²) in [5, 5.41) is 6.06. The van der Waals surface area contributed by atoms with Crippen molar-refractivity contribution in [3.05, 3.63) is 101 Å². The molecule has 2 heterocycles. The summed E-state index contributed by atoms with van der Waals surface area (Å²) in [7, 11) is 0. The minimum Gasteiger partial charge on any atom is -0.329 e. The first kappa shape index (κ1) is 19.0. The number of nitrogens with one attached hydrogen (secondary N) is 2. The average molecular weight is 416 g/mol. The van der Waals surface area contributed by atoms with E-state index in [2.05, 4.69) is 15.6 Å². The van der Waals surface area contributed by atoms with Gasteiger partial charge in [-0.2, -0.15) is 0 Å². The number of nitrogens with zero attached hydrogens (tertiary/aromatic N) is 2. The number of amides is 1. The molecule has 1 aliphatic heterocycles. The number of aromatic nitrogens is 2. The monoisotopic (exact) mass is 416 g/mol. The molecule has 3 aromatic carbocycles. The molecule has 0 saturated heterocycles. The molecule has 5 nitrogen and oxygen atoms in total. The lowest BCUT2D eigenvalue weighted by Crippen LogP contribution is -2.30. The maximum Gasteiger partial charge on any atom is 0.255 e. The van der Waals surface area contributed by atoms with Gasteiger partial charge in [-0.15, -0.1) is 0 Å². The van der Waals surface area contributed by atoms with E-state index in [-0.39, 0.29) is 17.5 Å². The van der Waals surface area contributed by atoms with E-state index in [1.54, 1.807) is 19.1 Å². The maximum atomic E-state index is 13.6. The molecule has 0 saturated carbocycles. The van der Waals surface area contributed by atoms with Crippen molar-refractivity contribution in [2.75, 3.05) is 10.6 Å². The van der Waals surface area contributed by atoms with Gasteiger partial charge in [0.25, 0.3) is 5.91 Å². The highest BCUT2D eigenvalue weighted by Gasteiger charge is 2.34. The summed E-state index contributed by atoms with van der Waals surface area (Å²) in [5.74, 6) is -0.474. The van der Waals surface area contributed by atoms with Crippen LogP contribution in [0, 0.1) is 11.6 Å². The van der Waals surface area contributed by atoms with E-state index in [4.69, 9.17) is 0 Å². The second-order valence-corrected chi connectivity index (χ2v) is 7.37. The number of benzene rings is 3. The van der Waals surface area contributed by atoms with E-state index in [0.717, 1.165) is 16.6 Å². The Balaban J connectivity index is 1.65. The van der Waals surface area contributed by atoms with E-state index < -0.39 is 6.04 Å². The molecule has 1 atom stereocenters. The van der Waals surface area contributed by atoms with Gasteiger partial charge in [-0.05, 0) is 61.0 Å². The molecule has 0 bridgehead atoms. The largest absolute Gasteiger partial charge is 0.329 e. The minimum atomic E-state index is -0.523. The van der Waals surface area contributed by atoms with Gasteiger partial charge < -0.3 is 10.6 Å². The number of fused-ring (bicyclic) bond motifs is 3. The quantitative estimate of drug-likeness (QED) is 0.480. The van der Waals surface area contributed by atoms with Crippen molar-refractivity contribution < 1.29 is 13.6 Å². The Morgan fingerprint density at radius 1 is 0.968 bits per heavy atom. The zero-order valence-corrected chi connectivity index (χ0v) is 16.6. The molecule has 0 radical (unpaired) electrons. The van der Waals surface area contributed by atoms with Gasteiger partial charge in [0.05, 0.1) is 22.6 Å². The number of allylic oxidation sites excluding steroid dienone is 1. The highest BCUT2D eigenvalue weighted by Crippen LogP contribution is 2.39. The minimum absolute atomic E-state index is 0.339. The molecule has 1 aliphatic rings. The van der Waals surface area contributed by atoms with Crippen LogP contribution in [0.2, 0.25) is 0 Å². The third kappa shape index (κ3) is 3.34. The van der Waals surface area contributed by atoms with Crippen LogP contribution < -0.4 is 10.6 Å². The highest BCUT2D eigenvalue weighted by atomic mass is 19.1. The molecule has 31 heavy (non-hydrogen) atoms. The number of hydrogen-bond acceptors (Lipinski definition) is 3. The number of carbonyl (C=O) groups is 1. The van der Waals surface area contributed by atoms with E-state index in [0.29, 0.717) is 22.9 Å². The van der Waals surface area contributed by atoms with Gasteiger partial charge in [0.15, 0.2) is 0 Å². The Hall–Kier alpha value is -4.00.